The topological polar surface area (TPSA) is 60.6 Å². The van der Waals surface area contributed by atoms with Gasteiger partial charge in [0.05, 0.1) is 18.6 Å². The third-order valence-electron chi connectivity index (χ3n) is 2.35. The SMILES string of the molecule is CC(C)NCc1cn(Cc2ncn(C)n2)cn1. The number of aryl methyl sites for hydroxylation is 1. The minimum Gasteiger partial charge on any atom is -0.329 e. The van der Waals surface area contributed by atoms with Gasteiger partial charge in [0, 0.05) is 25.8 Å². The van der Waals surface area contributed by atoms with Gasteiger partial charge in [0.1, 0.15) is 6.33 Å². The standard InChI is InChI=1S/C11H18N6/c1-9(2)12-4-10-5-17(8-13-10)6-11-14-7-16(3)15-11/h5,7-9,12H,4,6H2,1-3H3. The molecule has 0 spiro atoms. The Hall–Kier alpha value is -1.69. The maximum absolute atomic E-state index is 4.33. The summed E-state index contributed by atoms with van der Waals surface area (Å²) >= 11 is 0. The first-order valence-corrected chi connectivity index (χ1v) is 5.72. The highest BCUT2D eigenvalue weighted by Crippen LogP contribution is 1.99. The molecular formula is C11H18N6. The normalized spacial score (nSPS) is 11.3. The quantitative estimate of drug-likeness (QED) is 0.821. The predicted molar refractivity (Wildman–Crippen MR) is 64.3 cm³/mol. The Morgan fingerprint density at radius 2 is 2.12 bits per heavy atom. The lowest BCUT2D eigenvalue weighted by atomic mass is 10.3. The largest absolute Gasteiger partial charge is 0.329 e. The number of hydrogen-bond acceptors (Lipinski definition) is 4. The highest BCUT2D eigenvalue weighted by Gasteiger charge is 2.03. The molecule has 0 saturated carbocycles. The molecule has 0 fully saturated rings. The molecule has 2 aromatic rings. The monoisotopic (exact) mass is 234 g/mol. The minimum absolute atomic E-state index is 0.470. The minimum atomic E-state index is 0.470. The second-order valence-corrected chi connectivity index (χ2v) is 4.41. The third-order valence-corrected chi connectivity index (χ3v) is 2.35. The zero-order valence-electron chi connectivity index (χ0n) is 10.5. The van der Waals surface area contributed by atoms with Gasteiger partial charge in [-0.05, 0) is 0 Å². The molecule has 0 bridgehead atoms. The predicted octanol–water partition coefficient (Wildman–Crippen LogP) is 0.558. The molecule has 6 heteroatoms. The smallest absolute Gasteiger partial charge is 0.170 e. The molecule has 0 aliphatic carbocycles. The molecule has 17 heavy (non-hydrogen) atoms. The van der Waals surface area contributed by atoms with E-state index < -0.39 is 0 Å². The summed E-state index contributed by atoms with van der Waals surface area (Å²) in [6.07, 6.45) is 5.53. The summed E-state index contributed by atoms with van der Waals surface area (Å²) in [6.45, 7) is 5.69. The van der Waals surface area contributed by atoms with Crippen LogP contribution in [0.3, 0.4) is 0 Å². The Morgan fingerprint density at radius 3 is 2.76 bits per heavy atom. The summed E-state index contributed by atoms with van der Waals surface area (Å²) in [7, 11) is 1.86. The molecule has 0 aromatic carbocycles. The van der Waals surface area contributed by atoms with Crippen LogP contribution in [0.1, 0.15) is 25.4 Å². The second kappa shape index (κ2) is 5.09. The molecular weight excluding hydrogens is 216 g/mol. The molecule has 0 atom stereocenters. The van der Waals surface area contributed by atoms with E-state index in [1.54, 1.807) is 11.0 Å². The molecule has 2 rings (SSSR count). The second-order valence-electron chi connectivity index (χ2n) is 4.41. The summed E-state index contributed by atoms with van der Waals surface area (Å²) in [6, 6.07) is 0.470. The number of imidazole rings is 1. The van der Waals surface area contributed by atoms with Crippen molar-refractivity contribution < 1.29 is 0 Å². The van der Waals surface area contributed by atoms with Crippen LogP contribution in [0.15, 0.2) is 18.9 Å². The van der Waals surface area contributed by atoms with Crippen molar-refractivity contribution in [1.29, 1.82) is 0 Å². The van der Waals surface area contributed by atoms with E-state index in [9.17, 15) is 0 Å². The maximum atomic E-state index is 4.33. The first-order chi connectivity index (χ1) is 8.13. The van der Waals surface area contributed by atoms with E-state index >= 15 is 0 Å². The molecule has 2 aromatic heterocycles. The number of rotatable bonds is 5. The van der Waals surface area contributed by atoms with Crippen LogP contribution in [0.25, 0.3) is 0 Å². The van der Waals surface area contributed by atoms with E-state index in [0.717, 1.165) is 18.1 Å². The van der Waals surface area contributed by atoms with Crippen LogP contribution in [-0.4, -0.2) is 30.4 Å². The Balaban J connectivity index is 1.94. The Morgan fingerprint density at radius 1 is 1.29 bits per heavy atom. The fourth-order valence-electron chi connectivity index (χ4n) is 1.51. The van der Waals surface area contributed by atoms with Gasteiger partial charge in [0.2, 0.25) is 0 Å². The lowest BCUT2D eigenvalue weighted by Gasteiger charge is -2.04. The van der Waals surface area contributed by atoms with Crippen molar-refractivity contribution in [2.75, 3.05) is 0 Å². The van der Waals surface area contributed by atoms with Gasteiger partial charge in [-0.2, -0.15) is 5.10 Å². The van der Waals surface area contributed by atoms with Crippen LogP contribution in [0.5, 0.6) is 0 Å². The van der Waals surface area contributed by atoms with Crippen molar-refractivity contribution >= 4 is 0 Å². The lowest BCUT2D eigenvalue weighted by molar-refractivity contribution is 0.582. The van der Waals surface area contributed by atoms with Crippen molar-refractivity contribution in [2.24, 2.45) is 7.05 Å². The Kier molecular flexibility index (Phi) is 3.53. The summed E-state index contributed by atoms with van der Waals surface area (Å²) in [5.74, 6) is 0.799. The molecule has 0 unspecified atom stereocenters. The van der Waals surface area contributed by atoms with Crippen molar-refractivity contribution in [3.05, 3.63) is 30.4 Å². The first-order valence-electron chi connectivity index (χ1n) is 5.72. The number of hydrogen-bond donors (Lipinski definition) is 1. The number of nitrogens with one attached hydrogen (secondary N) is 1. The lowest BCUT2D eigenvalue weighted by Crippen LogP contribution is -2.21. The Bertz CT molecular complexity index is 470. The van der Waals surface area contributed by atoms with Crippen LogP contribution in [-0.2, 0) is 20.1 Å². The van der Waals surface area contributed by atoms with Gasteiger partial charge in [0.25, 0.3) is 0 Å². The van der Waals surface area contributed by atoms with E-state index in [-0.39, 0.29) is 0 Å². The molecule has 1 N–H and O–H groups in total. The molecule has 6 nitrogen and oxygen atoms in total. The highest BCUT2D eigenvalue weighted by molar-refractivity contribution is 4.98. The zero-order chi connectivity index (χ0) is 12.3. The van der Waals surface area contributed by atoms with Crippen LogP contribution in [0.4, 0.5) is 0 Å². The molecule has 0 saturated heterocycles. The molecule has 0 aliphatic heterocycles. The van der Waals surface area contributed by atoms with Crippen molar-refractivity contribution in [1.82, 2.24) is 29.6 Å². The summed E-state index contributed by atoms with van der Waals surface area (Å²) in [4.78, 5) is 8.51. The van der Waals surface area contributed by atoms with Gasteiger partial charge in [0.15, 0.2) is 5.82 Å². The number of aromatic nitrogens is 5. The van der Waals surface area contributed by atoms with E-state index in [0.29, 0.717) is 12.6 Å². The molecule has 92 valence electrons. The van der Waals surface area contributed by atoms with E-state index in [2.05, 4.69) is 34.2 Å². The average molecular weight is 234 g/mol. The fraction of sp³-hybridized carbons (Fsp3) is 0.545. The molecule has 0 radical (unpaired) electrons. The van der Waals surface area contributed by atoms with E-state index in [4.69, 9.17) is 0 Å². The van der Waals surface area contributed by atoms with Crippen LogP contribution >= 0.6 is 0 Å². The van der Waals surface area contributed by atoms with Crippen LogP contribution in [0, 0.1) is 0 Å². The molecule has 0 aliphatic rings. The van der Waals surface area contributed by atoms with Crippen LogP contribution in [0.2, 0.25) is 0 Å². The van der Waals surface area contributed by atoms with Gasteiger partial charge in [-0.15, -0.1) is 0 Å². The number of nitrogens with zero attached hydrogens (tertiary/aromatic N) is 5. The fourth-order valence-corrected chi connectivity index (χ4v) is 1.51. The van der Waals surface area contributed by atoms with Crippen molar-refractivity contribution in [3.63, 3.8) is 0 Å². The summed E-state index contributed by atoms with van der Waals surface area (Å²) in [5.41, 5.74) is 1.04. The molecule has 2 heterocycles. The highest BCUT2D eigenvalue weighted by atomic mass is 15.3. The van der Waals surface area contributed by atoms with Gasteiger partial charge < -0.3 is 9.88 Å². The third kappa shape index (κ3) is 3.39. The van der Waals surface area contributed by atoms with E-state index in [1.165, 1.54) is 0 Å². The molecule has 0 amide bonds. The summed E-state index contributed by atoms with van der Waals surface area (Å²) in [5, 5.41) is 7.56. The van der Waals surface area contributed by atoms with Crippen molar-refractivity contribution in [3.8, 4) is 0 Å². The average Bonchev–Trinajstić information content (AvgIpc) is 2.86. The van der Waals surface area contributed by atoms with Gasteiger partial charge in [-0.3, -0.25) is 4.68 Å². The van der Waals surface area contributed by atoms with Gasteiger partial charge >= 0.3 is 0 Å². The summed E-state index contributed by atoms with van der Waals surface area (Å²) < 4.78 is 3.69. The maximum Gasteiger partial charge on any atom is 0.170 e. The van der Waals surface area contributed by atoms with Crippen molar-refractivity contribution in [2.45, 2.75) is 33.0 Å². The zero-order valence-corrected chi connectivity index (χ0v) is 10.5. The van der Waals surface area contributed by atoms with E-state index in [1.807, 2.05) is 24.1 Å². The van der Waals surface area contributed by atoms with Gasteiger partial charge in [-0.25, -0.2) is 9.97 Å². The first kappa shape index (κ1) is 11.8. The Labute approximate surface area is 101 Å². The van der Waals surface area contributed by atoms with Crippen LogP contribution < -0.4 is 5.32 Å². The van der Waals surface area contributed by atoms with Gasteiger partial charge in [-0.1, -0.05) is 13.8 Å².